The van der Waals surface area contributed by atoms with Crippen molar-refractivity contribution in [3.05, 3.63) is 64.2 Å². The summed E-state index contributed by atoms with van der Waals surface area (Å²) in [5, 5.41) is 1.83. The number of methoxy groups -OCH3 is 2. The molecule has 34 heavy (non-hydrogen) atoms. The third kappa shape index (κ3) is 5.63. The smallest absolute Gasteiger partial charge is 0.344 e. The highest BCUT2D eigenvalue weighted by Gasteiger charge is 2.31. The Labute approximate surface area is 205 Å². The highest BCUT2D eigenvalue weighted by Crippen LogP contribution is 2.47. The van der Waals surface area contributed by atoms with Gasteiger partial charge in [0.15, 0.2) is 11.5 Å². The van der Waals surface area contributed by atoms with Crippen LogP contribution in [-0.2, 0) is 9.47 Å². The fourth-order valence-corrected chi connectivity index (χ4v) is 3.61. The predicted octanol–water partition coefficient (Wildman–Crippen LogP) is 6.85. The van der Waals surface area contributed by atoms with E-state index in [0.29, 0.717) is 21.7 Å². The van der Waals surface area contributed by atoms with Gasteiger partial charge in [-0.15, -0.1) is 0 Å². The molecule has 0 unspecified atom stereocenters. The molecular formula is C27H31ClO6. The lowest BCUT2D eigenvalue weighted by Gasteiger charge is -2.30. The molecule has 0 spiro atoms. The van der Waals surface area contributed by atoms with Crippen LogP contribution in [0.1, 0.15) is 49.2 Å². The molecule has 0 bridgehead atoms. The van der Waals surface area contributed by atoms with E-state index in [1.807, 2.05) is 38.1 Å². The van der Waals surface area contributed by atoms with E-state index in [-0.39, 0.29) is 11.5 Å². The lowest BCUT2D eigenvalue weighted by atomic mass is 10.0. The first-order valence-corrected chi connectivity index (χ1v) is 11.3. The van der Waals surface area contributed by atoms with Gasteiger partial charge in [0.2, 0.25) is 17.3 Å². The molecule has 0 saturated carbocycles. The summed E-state index contributed by atoms with van der Waals surface area (Å²) in [6.07, 6.45) is 0. The maximum atomic E-state index is 13.4. The van der Waals surface area contributed by atoms with Gasteiger partial charge in [0.1, 0.15) is 0 Å². The molecule has 0 saturated heterocycles. The first-order chi connectivity index (χ1) is 15.9. The van der Waals surface area contributed by atoms with Crippen molar-refractivity contribution in [2.24, 2.45) is 0 Å². The zero-order valence-electron chi connectivity index (χ0n) is 20.9. The summed E-state index contributed by atoms with van der Waals surface area (Å²) >= 11 is 6.32. The second kappa shape index (κ2) is 9.82. The highest BCUT2D eigenvalue weighted by molar-refractivity contribution is 6.31. The molecule has 0 aliphatic rings. The average Bonchev–Trinajstić information content (AvgIpc) is 2.76. The van der Waals surface area contributed by atoms with Crippen LogP contribution in [-0.4, -0.2) is 31.8 Å². The second-order valence-corrected chi connectivity index (χ2v) is 9.40. The van der Waals surface area contributed by atoms with Gasteiger partial charge < -0.3 is 23.7 Å². The average molecular weight is 487 g/mol. The van der Waals surface area contributed by atoms with Crippen LogP contribution in [0.4, 0.5) is 0 Å². The summed E-state index contributed by atoms with van der Waals surface area (Å²) in [4.78, 5) is 13.4. The number of carbonyl (C=O) groups excluding carboxylic acids is 1. The number of aryl methyl sites for hydroxylation is 2. The highest BCUT2D eigenvalue weighted by atomic mass is 35.5. The molecule has 0 atom stereocenters. The van der Waals surface area contributed by atoms with E-state index in [2.05, 4.69) is 0 Å². The van der Waals surface area contributed by atoms with Gasteiger partial charge in [-0.3, -0.25) is 0 Å². The van der Waals surface area contributed by atoms with E-state index in [4.69, 9.17) is 35.3 Å². The summed E-state index contributed by atoms with van der Waals surface area (Å²) in [5.41, 5.74) is 2.10. The van der Waals surface area contributed by atoms with Gasteiger partial charge in [0.25, 0.3) is 0 Å². The molecule has 0 aliphatic carbocycles. The second-order valence-electron chi connectivity index (χ2n) is 8.97. The minimum absolute atomic E-state index is 0.180. The molecule has 0 amide bonds. The van der Waals surface area contributed by atoms with Crippen LogP contribution in [0, 0.1) is 13.8 Å². The Kier molecular flexibility index (Phi) is 7.46. The molecule has 3 aromatic carbocycles. The van der Waals surface area contributed by atoms with Gasteiger partial charge in [0.05, 0.1) is 5.56 Å². The van der Waals surface area contributed by atoms with Crippen molar-refractivity contribution in [2.45, 2.75) is 53.1 Å². The van der Waals surface area contributed by atoms with Crippen molar-refractivity contribution in [3.63, 3.8) is 0 Å². The van der Waals surface area contributed by atoms with Crippen molar-refractivity contribution < 1.29 is 28.5 Å². The third-order valence-corrected chi connectivity index (χ3v) is 5.78. The Morgan fingerprint density at radius 1 is 0.824 bits per heavy atom. The van der Waals surface area contributed by atoms with Crippen molar-refractivity contribution >= 4 is 28.3 Å². The molecule has 0 fully saturated rings. The number of fused-ring (bicyclic) bond motifs is 1. The predicted molar refractivity (Wildman–Crippen MR) is 133 cm³/mol. The Morgan fingerprint density at radius 3 is 2.00 bits per heavy atom. The van der Waals surface area contributed by atoms with Crippen molar-refractivity contribution in [1.82, 2.24) is 0 Å². The first-order valence-electron chi connectivity index (χ1n) is 10.9. The van der Waals surface area contributed by atoms with E-state index >= 15 is 0 Å². The molecule has 3 aromatic rings. The van der Waals surface area contributed by atoms with Crippen LogP contribution in [0.5, 0.6) is 17.2 Å². The fraction of sp³-hybridized carbons (Fsp3) is 0.370. The number of hydrogen-bond donors (Lipinski definition) is 0. The normalized spacial score (nSPS) is 12.0. The van der Waals surface area contributed by atoms with Gasteiger partial charge in [-0.25, -0.2) is 4.79 Å². The SMILES string of the molecule is COC(C)(C)Oc1cc2ccc(Cl)cc2c(OC(=O)c2c(C)cccc2C)c1OC(C)(C)OC. The van der Waals surface area contributed by atoms with E-state index < -0.39 is 17.5 Å². The Bertz CT molecular complexity index is 1200. The standard InChI is InChI=1S/C27H31ClO6/c1-16-10-9-11-17(2)22(16)25(29)32-23-20-15-19(28)13-12-18(20)14-21(33-26(3,4)30-7)24(23)34-27(5,6)31-8/h9-15H,1-8H3. The minimum Gasteiger partial charge on any atom is -0.459 e. The maximum absolute atomic E-state index is 13.4. The number of esters is 1. The van der Waals surface area contributed by atoms with Crippen molar-refractivity contribution in [3.8, 4) is 17.2 Å². The zero-order chi connectivity index (χ0) is 25.3. The van der Waals surface area contributed by atoms with Crippen LogP contribution in [0.2, 0.25) is 5.02 Å². The van der Waals surface area contributed by atoms with E-state index in [1.165, 1.54) is 7.11 Å². The molecule has 6 nitrogen and oxygen atoms in total. The summed E-state index contributed by atoms with van der Waals surface area (Å²) in [7, 11) is 3.07. The van der Waals surface area contributed by atoms with Gasteiger partial charge >= 0.3 is 5.97 Å². The third-order valence-electron chi connectivity index (χ3n) is 5.54. The summed E-state index contributed by atoms with van der Waals surface area (Å²) in [5.74, 6) is -1.84. The summed E-state index contributed by atoms with van der Waals surface area (Å²) in [6, 6.07) is 12.7. The zero-order valence-corrected chi connectivity index (χ0v) is 21.6. The quantitative estimate of drug-likeness (QED) is 0.197. The van der Waals surface area contributed by atoms with Gasteiger partial charge in [-0.05, 0) is 48.6 Å². The van der Waals surface area contributed by atoms with Crippen molar-refractivity contribution in [1.29, 1.82) is 0 Å². The molecular weight excluding hydrogens is 456 g/mol. The molecule has 3 rings (SSSR count). The van der Waals surface area contributed by atoms with Crippen LogP contribution in [0.25, 0.3) is 10.8 Å². The van der Waals surface area contributed by atoms with Gasteiger partial charge in [-0.1, -0.05) is 35.9 Å². The van der Waals surface area contributed by atoms with Crippen LogP contribution in [0.15, 0.2) is 42.5 Å². The Morgan fingerprint density at radius 2 is 1.41 bits per heavy atom. The first kappa shape index (κ1) is 25.8. The van der Waals surface area contributed by atoms with E-state index in [0.717, 1.165) is 16.5 Å². The van der Waals surface area contributed by atoms with E-state index in [9.17, 15) is 4.79 Å². The number of hydrogen-bond acceptors (Lipinski definition) is 6. The number of benzene rings is 3. The molecule has 0 heterocycles. The van der Waals surface area contributed by atoms with Crippen molar-refractivity contribution in [2.75, 3.05) is 14.2 Å². The number of rotatable bonds is 8. The fourth-order valence-electron chi connectivity index (χ4n) is 3.44. The molecule has 0 radical (unpaired) electrons. The maximum Gasteiger partial charge on any atom is 0.344 e. The van der Waals surface area contributed by atoms with E-state index in [1.54, 1.807) is 53.0 Å². The number of carbonyl (C=O) groups is 1. The summed E-state index contributed by atoms with van der Waals surface area (Å²) < 4.78 is 29.4. The van der Waals surface area contributed by atoms with Crippen LogP contribution in [0.3, 0.4) is 0 Å². The molecule has 182 valence electrons. The van der Waals surface area contributed by atoms with Gasteiger partial charge in [-0.2, -0.15) is 0 Å². The van der Waals surface area contributed by atoms with Gasteiger partial charge in [0, 0.05) is 52.3 Å². The molecule has 0 N–H and O–H groups in total. The Hall–Kier alpha value is -2.80. The van der Waals surface area contributed by atoms with Crippen LogP contribution < -0.4 is 14.2 Å². The topological polar surface area (TPSA) is 63.2 Å². The molecule has 7 heteroatoms. The minimum atomic E-state index is -1.05. The lowest BCUT2D eigenvalue weighted by Crippen LogP contribution is -2.33. The Balaban J connectivity index is 2.29. The lowest BCUT2D eigenvalue weighted by molar-refractivity contribution is -0.149. The summed E-state index contributed by atoms with van der Waals surface area (Å²) in [6.45, 7) is 10.8. The number of halogens is 1. The molecule has 0 aliphatic heterocycles. The largest absolute Gasteiger partial charge is 0.459 e. The number of ether oxygens (including phenoxy) is 5. The molecule has 0 aromatic heterocycles. The van der Waals surface area contributed by atoms with Crippen LogP contribution >= 0.6 is 11.6 Å². The monoisotopic (exact) mass is 486 g/mol.